The van der Waals surface area contributed by atoms with E-state index < -0.39 is 11.6 Å². The van der Waals surface area contributed by atoms with Gasteiger partial charge in [-0.1, -0.05) is 36.7 Å². The van der Waals surface area contributed by atoms with Gasteiger partial charge < -0.3 is 4.74 Å². The second-order valence-corrected chi connectivity index (χ2v) is 7.13. The molecule has 0 saturated heterocycles. The molecule has 0 saturated carbocycles. The molecule has 21 heavy (non-hydrogen) atoms. The van der Waals surface area contributed by atoms with Crippen LogP contribution in [0.4, 0.5) is 8.78 Å². The maximum atomic E-state index is 13.7. The van der Waals surface area contributed by atoms with Gasteiger partial charge in [-0.3, -0.25) is 0 Å². The van der Waals surface area contributed by atoms with E-state index in [1.54, 1.807) is 0 Å². The van der Waals surface area contributed by atoms with Gasteiger partial charge in [0, 0.05) is 16.0 Å². The van der Waals surface area contributed by atoms with Crippen molar-refractivity contribution >= 4 is 31.9 Å². The molecule has 0 aliphatic heterocycles. The van der Waals surface area contributed by atoms with Crippen LogP contribution in [0.15, 0.2) is 27.3 Å². The van der Waals surface area contributed by atoms with Crippen LogP contribution in [0.5, 0.6) is 11.6 Å². The molecule has 7 heteroatoms. The highest BCUT2D eigenvalue weighted by Gasteiger charge is 2.20. The molecule has 0 atom stereocenters. The van der Waals surface area contributed by atoms with Crippen LogP contribution in [0, 0.1) is 11.6 Å². The summed E-state index contributed by atoms with van der Waals surface area (Å²) >= 11 is 6.35. The molecular weight excluding hydrogens is 410 g/mol. The van der Waals surface area contributed by atoms with E-state index in [0.29, 0.717) is 14.9 Å². The van der Waals surface area contributed by atoms with Crippen molar-refractivity contribution in [3.8, 4) is 11.6 Å². The molecule has 2 rings (SSSR count). The van der Waals surface area contributed by atoms with Crippen LogP contribution >= 0.6 is 31.9 Å². The number of halogens is 4. The zero-order chi connectivity index (χ0) is 15.8. The van der Waals surface area contributed by atoms with E-state index in [0.717, 1.165) is 6.07 Å². The van der Waals surface area contributed by atoms with E-state index in [2.05, 4.69) is 41.8 Å². The third-order valence-electron chi connectivity index (χ3n) is 2.52. The maximum Gasteiger partial charge on any atom is 0.223 e. The van der Waals surface area contributed by atoms with Crippen LogP contribution in [0.25, 0.3) is 0 Å². The molecule has 112 valence electrons. The molecule has 3 nitrogen and oxygen atoms in total. The number of rotatable bonds is 2. The molecular formula is C14H12Br2F2N2O. The highest BCUT2D eigenvalue weighted by Crippen LogP contribution is 2.31. The van der Waals surface area contributed by atoms with E-state index in [1.807, 2.05) is 20.8 Å². The van der Waals surface area contributed by atoms with Gasteiger partial charge in [0.25, 0.3) is 0 Å². The summed E-state index contributed by atoms with van der Waals surface area (Å²) in [7, 11) is 0. The third kappa shape index (κ3) is 3.97. The van der Waals surface area contributed by atoms with Gasteiger partial charge in [0.15, 0.2) is 11.6 Å². The van der Waals surface area contributed by atoms with E-state index in [1.165, 1.54) is 12.1 Å². The second-order valence-electron chi connectivity index (χ2n) is 5.40. The molecule has 2 aromatic rings. The standard InChI is InChI=1S/C14H12Br2F2N2O/c1-14(2,3)13-19-10(16)6-11(20-13)21-9-5-7(15)4-8(17)12(9)18/h4-6H,1-3H3. The van der Waals surface area contributed by atoms with Crippen LogP contribution in [0.3, 0.4) is 0 Å². The fourth-order valence-electron chi connectivity index (χ4n) is 1.50. The lowest BCUT2D eigenvalue weighted by Crippen LogP contribution is -2.16. The van der Waals surface area contributed by atoms with Crippen LogP contribution in [0.1, 0.15) is 26.6 Å². The lowest BCUT2D eigenvalue weighted by molar-refractivity contribution is 0.398. The SMILES string of the molecule is CC(C)(C)c1nc(Br)cc(Oc2cc(Br)cc(F)c2F)n1. The van der Waals surface area contributed by atoms with E-state index >= 15 is 0 Å². The number of aromatic nitrogens is 2. The van der Waals surface area contributed by atoms with Gasteiger partial charge in [-0.05, 0) is 28.1 Å². The Morgan fingerprint density at radius 3 is 2.33 bits per heavy atom. The summed E-state index contributed by atoms with van der Waals surface area (Å²) in [6.07, 6.45) is 0. The maximum absolute atomic E-state index is 13.7. The van der Waals surface area contributed by atoms with Crippen LogP contribution in [-0.2, 0) is 5.41 Å². The zero-order valence-electron chi connectivity index (χ0n) is 11.5. The van der Waals surface area contributed by atoms with Crippen LogP contribution in [0.2, 0.25) is 0 Å². The molecule has 1 aromatic heterocycles. The van der Waals surface area contributed by atoms with Crippen LogP contribution < -0.4 is 4.74 Å². The smallest absolute Gasteiger partial charge is 0.223 e. The summed E-state index contributed by atoms with van der Waals surface area (Å²) in [5.41, 5.74) is -0.303. The lowest BCUT2D eigenvalue weighted by atomic mass is 9.96. The minimum Gasteiger partial charge on any atom is -0.436 e. The van der Waals surface area contributed by atoms with E-state index in [9.17, 15) is 8.78 Å². The van der Waals surface area contributed by atoms with E-state index in [4.69, 9.17) is 4.74 Å². The topological polar surface area (TPSA) is 35.0 Å². The largest absolute Gasteiger partial charge is 0.436 e. The first-order valence-electron chi connectivity index (χ1n) is 6.04. The Bertz CT molecular complexity index is 687. The molecule has 0 bridgehead atoms. The van der Waals surface area contributed by atoms with Gasteiger partial charge in [-0.15, -0.1) is 0 Å². The number of benzene rings is 1. The molecule has 0 amide bonds. The second kappa shape index (κ2) is 5.96. The van der Waals surface area contributed by atoms with Crippen molar-refractivity contribution in [2.75, 3.05) is 0 Å². The number of nitrogens with zero attached hydrogens (tertiary/aromatic N) is 2. The first-order valence-corrected chi connectivity index (χ1v) is 7.63. The van der Waals surface area contributed by atoms with Crippen molar-refractivity contribution in [1.82, 2.24) is 9.97 Å². The van der Waals surface area contributed by atoms with E-state index in [-0.39, 0.29) is 17.0 Å². The van der Waals surface area contributed by atoms with Gasteiger partial charge in [-0.25, -0.2) is 9.37 Å². The Morgan fingerprint density at radius 1 is 1.05 bits per heavy atom. The highest BCUT2D eigenvalue weighted by atomic mass is 79.9. The lowest BCUT2D eigenvalue weighted by Gasteiger charge is -2.17. The monoisotopic (exact) mass is 420 g/mol. The molecule has 0 aliphatic carbocycles. The fourth-order valence-corrected chi connectivity index (χ4v) is 2.28. The first kappa shape index (κ1) is 16.3. The van der Waals surface area contributed by atoms with Gasteiger partial charge in [0.2, 0.25) is 11.7 Å². The van der Waals surface area contributed by atoms with Crippen molar-refractivity contribution < 1.29 is 13.5 Å². The minimum absolute atomic E-state index is 0.137. The van der Waals surface area contributed by atoms with Crippen molar-refractivity contribution in [3.63, 3.8) is 0 Å². The third-order valence-corrected chi connectivity index (χ3v) is 3.38. The Hall–Kier alpha value is -1.08. The Labute approximate surface area is 138 Å². The summed E-state index contributed by atoms with van der Waals surface area (Å²) in [5.74, 6) is -1.64. The van der Waals surface area contributed by atoms with Gasteiger partial charge in [0.1, 0.15) is 10.4 Å². The van der Waals surface area contributed by atoms with Crippen molar-refractivity contribution in [1.29, 1.82) is 0 Å². The number of ether oxygens (including phenoxy) is 1. The predicted octanol–water partition coefficient (Wildman–Crippen LogP) is 5.37. The quantitative estimate of drug-likeness (QED) is 0.483. The minimum atomic E-state index is -1.06. The van der Waals surface area contributed by atoms with Crippen molar-refractivity contribution in [2.45, 2.75) is 26.2 Å². The molecule has 0 aliphatic rings. The number of hydrogen-bond acceptors (Lipinski definition) is 3. The first-order chi connectivity index (χ1) is 9.66. The molecule has 0 unspecified atom stereocenters. The van der Waals surface area contributed by atoms with Crippen LogP contribution in [-0.4, -0.2) is 9.97 Å². The predicted molar refractivity (Wildman–Crippen MR) is 82.6 cm³/mol. The zero-order valence-corrected chi connectivity index (χ0v) is 14.7. The fraction of sp³-hybridized carbons (Fsp3) is 0.286. The molecule has 1 heterocycles. The normalized spacial score (nSPS) is 11.6. The van der Waals surface area contributed by atoms with Crippen molar-refractivity contribution in [3.05, 3.63) is 44.7 Å². The molecule has 1 aromatic carbocycles. The summed E-state index contributed by atoms with van der Waals surface area (Å²) in [6.45, 7) is 5.83. The number of hydrogen-bond donors (Lipinski definition) is 0. The average Bonchev–Trinajstić information content (AvgIpc) is 2.33. The Kier molecular flexibility index (Phi) is 4.63. The average molecular weight is 422 g/mol. The summed E-state index contributed by atoms with van der Waals surface area (Å²) in [4.78, 5) is 8.49. The van der Waals surface area contributed by atoms with Gasteiger partial charge in [0.05, 0.1) is 0 Å². The van der Waals surface area contributed by atoms with Crippen molar-refractivity contribution in [2.24, 2.45) is 0 Å². The molecule has 0 radical (unpaired) electrons. The Morgan fingerprint density at radius 2 is 1.71 bits per heavy atom. The summed E-state index contributed by atoms with van der Waals surface area (Å²) in [6, 6.07) is 3.86. The summed E-state index contributed by atoms with van der Waals surface area (Å²) < 4.78 is 33.3. The molecule has 0 fully saturated rings. The summed E-state index contributed by atoms with van der Waals surface area (Å²) in [5, 5.41) is 0. The Balaban J connectivity index is 2.43. The van der Waals surface area contributed by atoms with Gasteiger partial charge in [-0.2, -0.15) is 9.37 Å². The van der Waals surface area contributed by atoms with Gasteiger partial charge >= 0.3 is 0 Å². The highest BCUT2D eigenvalue weighted by molar-refractivity contribution is 9.10. The molecule has 0 N–H and O–H groups in total. The molecule has 0 spiro atoms.